The number of nitro groups is 1. The van der Waals surface area contributed by atoms with E-state index in [9.17, 15) is 29.3 Å². The van der Waals surface area contributed by atoms with E-state index in [-0.39, 0.29) is 28.6 Å². The minimum atomic E-state index is -0.962. The third-order valence-corrected chi connectivity index (χ3v) is 9.82. The van der Waals surface area contributed by atoms with Crippen molar-refractivity contribution in [1.82, 2.24) is 4.98 Å². The van der Waals surface area contributed by atoms with Crippen molar-refractivity contribution in [2.24, 2.45) is 5.92 Å². The maximum absolute atomic E-state index is 14.0. The largest absolute Gasteiger partial charge is 0.497 e. The molecule has 0 radical (unpaired) electrons. The van der Waals surface area contributed by atoms with Crippen molar-refractivity contribution in [2.45, 2.75) is 16.2 Å². The van der Waals surface area contributed by atoms with Crippen LogP contribution in [0.1, 0.15) is 16.4 Å². The van der Waals surface area contributed by atoms with Gasteiger partial charge in [0.15, 0.2) is 6.61 Å². The van der Waals surface area contributed by atoms with Crippen LogP contribution in [0.3, 0.4) is 0 Å². The van der Waals surface area contributed by atoms with Crippen LogP contribution in [-0.4, -0.2) is 46.6 Å². The number of aromatic amines is 1. The molecule has 0 bridgehead atoms. The Morgan fingerprint density at radius 2 is 1.80 bits per heavy atom. The maximum Gasteiger partial charge on any atom is 0.305 e. The summed E-state index contributed by atoms with van der Waals surface area (Å²) in [4.78, 5) is 67.4. The number of methoxy groups -OCH3 is 1. The van der Waals surface area contributed by atoms with Gasteiger partial charge in [0, 0.05) is 39.2 Å². The van der Waals surface area contributed by atoms with E-state index >= 15 is 0 Å². The van der Waals surface area contributed by atoms with E-state index in [0.717, 1.165) is 28.0 Å². The molecule has 3 amide bonds. The first kappa shape index (κ1) is 29.4. The van der Waals surface area contributed by atoms with Crippen LogP contribution in [0.5, 0.6) is 11.5 Å². The summed E-state index contributed by atoms with van der Waals surface area (Å²) >= 11 is 8.40. The summed E-state index contributed by atoms with van der Waals surface area (Å²) in [5, 5.41) is 13.7. The Labute approximate surface area is 262 Å². The van der Waals surface area contributed by atoms with Crippen LogP contribution in [0.4, 0.5) is 17.1 Å². The lowest BCUT2D eigenvalue weighted by atomic mass is 9.82. The number of rotatable bonds is 8. The van der Waals surface area contributed by atoms with E-state index < -0.39 is 39.7 Å². The van der Waals surface area contributed by atoms with Gasteiger partial charge < -0.3 is 19.8 Å². The molecule has 0 aliphatic carbocycles. The Balaban J connectivity index is 1.33. The van der Waals surface area contributed by atoms with Crippen LogP contribution in [-0.2, 0) is 14.4 Å². The van der Waals surface area contributed by atoms with E-state index in [4.69, 9.17) is 21.1 Å². The van der Waals surface area contributed by atoms with Gasteiger partial charge >= 0.3 is 4.87 Å². The monoisotopic (exact) mass is 652 g/mol. The molecule has 44 heavy (non-hydrogen) atoms. The number of nitrogens with one attached hydrogen (secondary N) is 2. The van der Waals surface area contributed by atoms with Gasteiger partial charge in [-0.1, -0.05) is 34.7 Å². The fourth-order valence-electron chi connectivity index (χ4n) is 5.24. The molecule has 0 spiro atoms. The Bertz CT molecular complexity index is 1860. The Kier molecular flexibility index (Phi) is 7.88. The molecule has 2 aliphatic rings. The molecule has 12 nitrogen and oxygen atoms in total. The molecule has 2 N–H and O–H groups in total. The van der Waals surface area contributed by atoms with Crippen LogP contribution >= 0.6 is 34.7 Å². The summed E-state index contributed by atoms with van der Waals surface area (Å²) in [5.74, 6) is -2.42. The van der Waals surface area contributed by atoms with Crippen LogP contribution in [0.15, 0.2) is 76.6 Å². The molecule has 3 aromatic carbocycles. The van der Waals surface area contributed by atoms with Crippen molar-refractivity contribution in [3.8, 4) is 11.5 Å². The number of aromatic nitrogens is 1. The molecule has 4 aromatic rings. The third kappa shape index (κ3) is 5.42. The Morgan fingerprint density at radius 1 is 1.07 bits per heavy atom. The number of amides is 3. The predicted molar refractivity (Wildman–Crippen MR) is 164 cm³/mol. The second-order valence-corrected chi connectivity index (χ2v) is 12.4. The minimum Gasteiger partial charge on any atom is -0.497 e. The van der Waals surface area contributed by atoms with E-state index in [2.05, 4.69) is 10.3 Å². The first-order valence-corrected chi connectivity index (χ1v) is 15.1. The smallest absolute Gasteiger partial charge is 0.305 e. The number of carbonyl (C=O) groups excluding carboxylic acids is 3. The highest BCUT2D eigenvalue weighted by Crippen LogP contribution is 2.54. The lowest BCUT2D eigenvalue weighted by molar-refractivity contribution is -0.384. The molecular weight excluding hydrogens is 632 g/mol. The summed E-state index contributed by atoms with van der Waals surface area (Å²) in [7, 11) is 1.54. The van der Waals surface area contributed by atoms with Gasteiger partial charge in [0.25, 0.3) is 11.6 Å². The second-order valence-electron chi connectivity index (χ2n) is 9.78. The molecule has 3 atom stereocenters. The number of nitrogens with zero attached hydrogens (tertiary/aromatic N) is 2. The molecule has 1 saturated heterocycles. The highest BCUT2D eigenvalue weighted by molar-refractivity contribution is 8.00. The maximum atomic E-state index is 14.0. The van der Waals surface area contributed by atoms with E-state index in [0.29, 0.717) is 31.9 Å². The quantitative estimate of drug-likeness (QED) is 0.154. The number of ether oxygens (including phenoxy) is 2. The number of nitro benzene ring substituents is 1. The number of thiazole rings is 1. The van der Waals surface area contributed by atoms with Crippen molar-refractivity contribution in [3.05, 3.63) is 102 Å². The molecule has 0 unspecified atom stereocenters. The average molecular weight is 653 g/mol. The van der Waals surface area contributed by atoms with Gasteiger partial charge in [0.1, 0.15) is 16.7 Å². The number of halogens is 1. The molecule has 3 heterocycles. The lowest BCUT2D eigenvalue weighted by Gasteiger charge is -2.31. The number of imide groups is 1. The number of non-ortho nitro benzene ring substituents is 1. The van der Waals surface area contributed by atoms with Gasteiger partial charge in [-0.25, -0.2) is 4.90 Å². The summed E-state index contributed by atoms with van der Waals surface area (Å²) in [5.41, 5.74) is 0.960. The third-order valence-electron chi connectivity index (χ3n) is 7.18. The second kappa shape index (κ2) is 11.8. The van der Waals surface area contributed by atoms with Gasteiger partial charge in [0.05, 0.1) is 28.7 Å². The Hall–Kier alpha value is -4.66. The normalized spacial score (nSPS) is 18.9. The van der Waals surface area contributed by atoms with Crippen molar-refractivity contribution in [1.29, 1.82) is 0 Å². The van der Waals surface area contributed by atoms with Gasteiger partial charge in [-0.15, -0.1) is 0 Å². The molecular formula is C29H21ClN4O8S2. The van der Waals surface area contributed by atoms with Gasteiger partial charge in [-0.05, 0) is 54.6 Å². The average Bonchev–Trinajstić information content (AvgIpc) is 3.50. The number of H-pyrrole nitrogens is 1. The summed E-state index contributed by atoms with van der Waals surface area (Å²) in [6, 6.07) is 16.6. The zero-order chi connectivity index (χ0) is 31.1. The molecule has 0 saturated carbocycles. The summed E-state index contributed by atoms with van der Waals surface area (Å²) in [6.45, 7) is -0.381. The topological polar surface area (TPSA) is 161 Å². The van der Waals surface area contributed by atoms with Crippen LogP contribution in [0.2, 0.25) is 5.02 Å². The molecule has 6 rings (SSSR count). The van der Waals surface area contributed by atoms with Gasteiger partial charge in [-0.2, -0.15) is 0 Å². The number of hydrogen-bond acceptors (Lipinski definition) is 10. The Morgan fingerprint density at radius 3 is 2.48 bits per heavy atom. The zero-order valence-corrected chi connectivity index (χ0v) is 25.0. The van der Waals surface area contributed by atoms with Crippen molar-refractivity contribution in [3.63, 3.8) is 0 Å². The molecule has 1 aromatic heterocycles. The van der Waals surface area contributed by atoms with Crippen LogP contribution < -0.4 is 24.6 Å². The zero-order valence-electron chi connectivity index (χ0n) is 22.6. The number of benzene rings is 3. The van der Waals surface area contributed by atoms with Crippen molar-refractivity contribution < 1.29 is 28.8 Å². The van der Waals surface area contributed by atoms with Crippen molar-refractivity contribution in [2.75, 3.05) is 23.9 Å². The fourth-order valence-corrected chi connectivity index (χ4v) is 7.93. The predicted octanol–water partition coefficient (Wildman–Crippen LogP) is 4.82. The van der Waals surface area contributed by atoms with E-state index in [1.54, 1.807) is 42.5 Å². The molecule has 15 heteroatoms. The highest BCUT2D eigenvalue weighted by atomic mass is 35.5. The summed E-state index contributed by atoms with van der Waals surface area (Å²) in [6.07, 6.45) is 0. The number of carbonyl (C=O) groups is 3. The SMILES string of the molecule is COc1ccc(NC(=O)COc2ccc(Cl)cc2[C@@H]2c3sc(=O)[nH]c3S[C@H]3C(=O)N(c4ccc([N+](=O)[O-])cc4)C(=O)[C@@H]23)cc1. The van der Waals surface area contributed by atoms with Crippen LogP contribution in [0.25, 0.3) is 0 Å². The molecule has 224 valence electrons. The summed E-state index contributed by atoms with van der Waals surface area (Å²) < 4.78 is 11.1. The van der Waals surface area contributed by atoms with Gasteiger partial charge in [0.2, 0.25) is 11.8 Å². The van der Waals surface area contributed by atoms with E-state index in [1.165, 1.54) is 31.4 Å². The standard InChI is InChI=1S/C29H21ClN4O8S2/c1-41-18-9-3-15(4-10-18)31-21(35)13-42-20-11-2-14(30)12-19(20)22-23-25(43-26-24(22)44-29(38)32-26)28(37)33(27(23)36)16-5-7-17(8-6-16)34(39)40/h2-12,22-23,25H,13H2,1H3,(H,31,35)(H,32,38)/t22-,23-,25+/m0/s1. The lowest BCUT2D eigenvalue weighted by Crippen LogP contribution is -2.32. The number of thioether (sulfide) groups is 1. The van der Waals surface area contributed by atoms with Crippen LogP contribution in [0, 0.1) is 16.0 Å². The number of hydrogen-bond donors (Lipinski definition) is 2. The minimum absolute atomic E-state index is 0.186. The van der Waals surface area contributed by atoms with Crippen molar-refractivity contribution >= 4 is 69.5 Å². The number of fused-ring (bicyclic) bond motifs is 2. The van der Waals surface area contributed by atoms with E-state index in [1.807, 2.05) is 0 Å². The molecule has 2 aliphatic heterocycles. The van der Waals surface area contributed by atoms with Gasteiger partial charge in [-0.3, -0.25) is 29.3 Å². The highest BCUT2D eigenvalue weighted by Gasteiger charge is 2.57. The molecule has 1 fully saturated rings. The number of anilines is 2. The first-order valence-electron chi connectivity index (χ1n) is 13.0. The fraction of sp³-hybridized carbons (Fsp3) is 0.172. The first-order chi connectivity index (χ1) is 21.1.